The van der Waals surface area contributed by atoms with Crippen LogP contribution < -0.4 is 5.73 Å². The van der Waals surface area contributed by atoms with E-state index in [1.807, 2.05) is 19.3 Å². The van der Waals surface area contributed by atoms with E-state index in [4.69, 9.17) is 10.5 Å². The molecule has 4 heteroatoms. The topological polar surface area (TPSA) is 53.1 Å². The zero-order chi connectivity index (χ0) is 10.6. The van der Waals surface area contributed by atoms with E-state index in [0.29, 0.717) is 6.61 Å². The zero-order valence-electron chi connectivity index (χ0n) is 9.16. The van der Waals surface area contributed by atoms with Crippen LogP contribution in [-0.4, -0.2) is 29.0 Å². The van der Waals surface area contributed by atoms with Crippen LogP contribution in [0.1, 0.15) is 19.0 Å². The molecule has 0 saturated carbocycles. The Morgan fingerprint density at radius 1 is 1.64 bits per heavy atom. The van der Waals surface area contributed by atoms with E-state index in [1.54, 1.807) is 11.8 Å². The Labute approximate surface area is 85.0 Å². The second-order valence-corrected chi connectivity index (χ2v) is 3.81. The van der Waals surface area contributed by atoms with Gasteiger partial charge in [0.05, 0.1) is 12.3 Å². The van der Waals surface area contributed by atoms with E-state index in [-0.39, 0.29) is 5.54 Å². The highest BCUT2D eigenvalue weighted by molar-refractivity contribution is 5.05. The van der Waals surface area contributed by atoms with Gasteiger partial charge in [0.15, 0.2) is 0 Å². The summed E-state index contributed by atoms with van der Waals surface area (Å²) in [4.78, 5) is 0. The summed E-state index contributed by atoms with van der Waals surface area (Å²) in [5.74, 6) is 0. The van der Waals surface area contributed by atoms with Crippen molar-refractivity contribution in [3.63, 3.8) is 0 Å². The number of aromatic nitrogens is 2. The van der Waals surface area contributed by atoms with Crippen LogP contribution in [0.4, 0.5) is 0 Å². The second kappa shape index (κ2) is 4.57. The van der Waals surface area contributed by atoms with Gasteiger partial charge < -0.3 is 10.5 Å². The van der Waals surface area contributed by atoms with Crippen molar-refractivity contribution in [3.8, 4) is 0 Å². The fourth-order valence-corrected chi connectivity index (χ4v) is 1.48. The number of nitrogens with two attached hydrogens (primary N) is 1. The van der Waals surface area contributed by atoms with Gasteiger partial charge in [-0.05, 0) is 12.5 Å². The lowest BCUT2D eigenvalue weighted by molar-refractivity contribution is 0.128. The molecule has 0 aromatic carbocycles. The lowest BCUT2D eigenvalue weighted by Crippen LogP contribution is -2.45. The number of methoxy groups -OCH3 is 1. The molecule has 0 saturated heterocycles. The molecule has 1 heterocycles. The van der Waals surface area contributed by atoms with E-state index < -0.39 is 0 Å². The summed E-state index contributed by atoms with van der Waals surface area (Å²) in [6, 6.07) is 1.99. The van der Waals surface area contributed by atoms with E-state index >= 15 is 0 Å². The minimum absolute atomic E-state index is 0.289. The quantitative estimate of drug-likeness (QED) is 0.756. The fourth-order valence-electron chi connectivity index (χ4n) is 1.48. The summed E-state index contributed by atoms with van der Waals surface area (Å²) >= 11 is 0. The van der Waals surface area contributed by atoms with E-state index in [9.17, 15) is 0 Å². The summed E-state index contributed by atoms with van der Waals surface area (Å²) in [7, 11) is 3.58. The molecular formula is C10H19N3O. The van der Waals surface area contributed by atoms with Gasteiger partial charge in [-0.3, -0.25) is 4.68 Å². The molecule has 1 rings (SSSR count). The third-order valence-corrected chi connectivity index (χ3v) is 2.44. The Kier molecular flexibility index (Phi) is 3.66. The molecule has 0 amide bonds. The zero-order valence-corrected chi connectivity index (χ0v) is 9.16. The molecule has 1 aromatic rings. The SMILES string of the molecule is CCC(N)(COC)Cc1ccn(C)n1. The molecule has 0 radical (unpaired) electrons. The molecule has 0 aliphatic rings. The molecule has 0 spiro atoms. The minimum Gasteiger partial charge on any atom is -0.383 e. The Morgan fingerprint density at radius 2 is 2.36 bits per heavy atom. The third kappa shape index (κ3) is 2.82. The summed E-state index contributed by atoms with van der Waals surface area (Å²) in [6.45, 7) is 2.64. The van der Waals surface area contributed by atoms with Crippen LogP contribution in [0.3, 0.4) is 0 Å². The van der Waals surface area contributed by atoms with Gasteiger partial charge in [0.1, 0.15) is 0 Å². The Hall–Kier alpha value is -0.870. The highest BCUT2D eigenvalue weighted by Crippen LogP contribution is 2.13. The standard InChI is InChI=1S/C10H19N3O/c1-4-10(11,8-14-3)7-9-5-6-13(2)12-9/h5-6H,4,7-8,11H2,1-3H3. The highest BCUT2D eigenvalue weighted by Gasteiger charge is 2.24. The van der Waals surface area contributed by atoms with Crippen LogP contribution in [0.5, 0.6) is 0 Å². The number of aryl methyl sites for hydroxylation is 1. The van der Waals surface area contributed by atoms with Gasteiger partial charge in [-0.25, -0.2) is 0 Å². The van der Waals surface area contributed by atoms with Gasteiger partial charge in [0.25, 0.3) is 0 Å². The predicted molar refractivity (Wildman–Crippen MR) is 56.0 cm³/mol. The van der Waals surface area contributed by atoms with Crippen molar-refractivity contribution in [2.75, 3.05) is 13.7 Å². The van der Waals surface area contributed by atoms with Gasteiger partial charge in [0.2, 0.25) is 0 Å². The van der Waals surface area contributed by atoms with Crippen molar-refractivity contribution in [2.24, 2.45) is 12.8 Å². The predicted octanol–water partition coefficient (Wildman–Crippen LogP) is 0.716. The van der Waals surface area contributed by atoms with Crippen LogP contribution in [0.15, 0.2) is 12.3 Å². The van der Waals surface area contributed by atoms with Crippen LogP contribution in [0, 0.1) is 0 Å². The number of hydrogen-bond donors (Lipinski definition) is 1. The summed E-state index contributed by atoms with van der Waals surface area (Å²) < 4.78 is 6.91. The monoisotopic (exact) mass is 197 g/mol. The summed E-state index contributed by atoms with van der Waals surface area (Å²) in [5, 5.41) is 4.31. The Bertz CT molecular complexity index is 285. The molecule has 1 unspecified atom stereocenters. The Morgan fingerprint density at radius 3 is 2.79 bits per heavy atom. The first-order chi connectivity index (χ1) is 6.59. The van der Waals surface area contributed by atoms with Crippen molar-refractivity contribution in [2.45, 2.75) is 25.3 Å². The van der Waals surface area contributed by atoms with Crippen molar-refractivity contribution in [1.82, 2.24) is 9.78 Å². The maximum atomic E-state index is 6.17. The molecule has 1 aromatic heterocycles. The molecule has 14 heavy (non-hydrogen) atoms. The molecule has 0 fully saturated rings. The largest absolute Gasteiger partial charge is 0.383 e. The number of rotatable bonds is 5. The molecule has 4 nitrogen and oxygen atoms in total. The maximum Gasteiger partial charge on any atom is 0.0646 e. The second-order valence-electron chi connectivity index (χ2n) is 3.81. The first kappa shape index (κ1) is 11.2. The molecular weight excluding hydrogens is 178 g/mol. The van der Waals surface area contributed by atoms with Crippen LogP contribution >= 0.6 is 0 Å². The van der Waals surface area contributed by atoms with Crippen LogP contribution in [0.25, 0.3) is 0 Å². The number of hydrogen-bond acceptors (Lipinski definition) is 3. The molecule has 0 aliphatic carbocycles. The van der Waals surface area contributed by atoms with E-state index in [2.05, 4.69) is 12.0 Å². The molecule has 0 bridgehead atoms. The van der Waals surface area contributed by atoms with Gasteiger partial charge in [-0.15, -0.1) is 0 Å². The van der Waals surface area contributed by atoms with Crippen molar-refractivity contribution >= 4 is 0 Å². The van der Waals surface area contributed by atoms with E-state index in [1.165, 1.54) is 0 Å². The number of ether oxygens (including phenoxy) is 1. The van der Waals surface area contributed by atoms with Crippen molar-refractivity contribution in [3.05, 3.63) is 18.0 Å². The smallest absolute Gasteiger partial charge is 0.0646 e. The summed E-state index contributed by atoms with van der Waals surface area (Å²) in [5.41, 5.74) is 6.91. The molecule has 1 atom stereocenters. The highest BCUT2D eigenvalue weighted by atomic mass is 16.5. The fraction of sp³-hybridized carbons (Fsp3) is 0.700. The first-order valence-electron chi connectivity index (χ1n) is 4.86. The Balaban J connectivity index is 2.64. The third-order valence-electron chi connectivity index (χ3n) is 2.44. The normalized spacial score (nSPS) is 15.4. The van der Waals surface area contributed by atoms with Gasteiger partial charge in [-0.2, -0.15) is 5.10 Å². The number of nitrogens with zero attached hydrogens (tertiary/aromatic N) is 2. The average molecular weight is 197 g/mol. The van der Waals surface area contributed by atoms with Gasteiger partial charge in [-0.1, -0.05) is 6.92 Å². The van der Waals surface area contributed by atoms with Gasteiger partial charge in [0, 0.05) is 32.3 Å². The maximum absolute atomic E-state index is 6.17. The lowest BCUT2D eigenvalue weighted by Gasteiger charge is -2.26. The summed E-state index contributed by atoms with van der Waals surface area (Å²) in [6.07, 6.45) is 3.58. The van der Waals surface area contributed by atoms with Gasteiger partial charge >= 0.3 is 0 Å². The lowest BCUT2D eigenvalue weighted by atomic mass is 9.93. The van der Waals surface area contributed by atoms with Crippen molar-refractivity contribution in [1.29, 1.82) is 0 Å². The van der Waals surface area contributed by atoms with Crippen LogP contribution in [-0.2, 0) is 18.2 Å². The first-order valence-corrected chi connectivity index (χ1v) is 4.86. The molecule has 2 N–H and O–H groups in total. The van der Waals surface area contributed by atoms with Crippen LogP contribution in [0.2, 0.25) is 0 Å². The minimum atomic E-state index is -0.289. The molecule has 0 aliphatic heterocycles. The average Bonchev–Trinajstić information content (AvgIpc) is 2.51. The molecule has 80 valence electrons. The van der Waals surface area contributed by atoms with Crippen molar-refractivity contribution < 1.29 is 4.74 Å². The van der Waals surface area contributed by atoms with E-state index in [0.717, 1.165) is 18.5 Å².